The highest BCUT2D eigenvalue weighted by Crippen LogP contribution is 2.29. The molecule has 0 fully saturated rings. The van der Waals surface area contributed by atoms with E-state index in [1.165, 1.54) is 4.90 Å². The van der Waals surface area contributed by atoms with Crippen molar-refractivity contribution < 1.29 is 14.4 Å². The maximum atomic E-state index is 14.1. The first kappa shape index (κ1) is 28.1. The number of hydrogen-bond acceptors (Lipinski definition) is 3. The second-order valence-corrected chi connectivity index (χ2v) is 10.3. The van der Waals surface area contributed by atoms with Gasteiger partial charge in [-0.2, -0.15) is 0 Å². The van der Waals surface area contributed by atoms with E-state index in [0.717, 1.165) is 51.4 Å². The lowest BCUT2D eigenvalue weighted by Gasteiger charge is -2.37. The fourth-order valence-corrected chi connectivity index (χ4v) is 5.05. The molecule has 1 aliphatic rings. The zero-order chi connectivity index (χ0) is 25.3. The topological polar surface area (TPSA) is 57.7 Å². The van der Waals surface area contributed by atoms with Gasteiger partial charge in [-0.05, 0) is 42.7 Å². The monoisotopic (exact) mass is 470 g/mol. The van der Waals surface area contributed by atoms with Crippen molar-refractivity contribution in [1.82, 2.24) is 9.80 Å². The third-order valence-electron chi connectivity index (χ3n) is 7.34. The summed E-state index contributed by atoms with van der Waals surface area (Å²) in [5.74, 6) is -0.0597. The highest BCUT2D eigenvalue weighted by molar-refractivity contribution is 6.22. The van der Waals surface area contributed by atoms with Crippen LogP contribution in [0, 0.1) is 17.8 Å². The summed E-state index contributed by atoms with van der Waals surface area (Å²) in [4.78, 5) is 43.9. The van der Waals surface area contributed by atoms with Crippen LogP contribution in [-0.4, -0.2) is 46.7 Å². The van der Waals surface area contributed by atoms with E-state index >= 15 is 0 Å². The summed E-state index contributed by atoms with van der Waals surface area (Å²) in [6, 6.07) is 6.13. The molecule has 34 heavy (non-hydrogen) atoms. The zero-order valence-electron chi connectivity index (χ0n) is 22.3. The van der Waals surface area contributed by atoms with E-state index in [0.29, 0.717) is 36.1 Å². The molecule has 0 saturated heterocycles. The van der Waals surface area contributed by atoms with Gasteiger partial charge in [0.1, 0.15) is 6.04 Å². The van der Waals surface area contributed by atoms with E-state index in [4.69, 9.17) is 0 Å². The predicted molar refractivity (Wildman–Crippen MR) is 139 cm³/mol. The van der Waals surface area contributed by atoms with Gasteiger partial charge in [0.25, 0.3) is 11.8 Å². The van der Waals surface area contributed by atoms with Crippen LogP contribution in [0.4, 0.5) is 0 Å². The number of carbonyl (C=O) groups excluding carboxylic acids is 3. The minimum absolute atomic E-state index is 0.0746. The summed E-state index contributed by atoms with van der Waals surface area (Å²) in [5, 5.41) is 0. The molecule has 3 unspecified atom stereocenters. The SMILES string of the molecule is CCCCC(CC)CN(CC(CC)CCCC)C(=O)C(C(C)C)N1C(=O)c2ccccc2C1=O. The first-order valence-corrected chi connectivity index (χ1v) is 13.6. The maximum absolute atomic E-state index is 14.1. The van der Waals surface area contributed by atoms with Crippen LogP contribution in [0.5, 0.6) is 0 Å². The highest BCUT2D eigenvalue weighted by atomic mass is 16.2. The van der Waals surface area contributed by atoms with Crippen molar-refractivity contribution in [1.29, 1.82) is 0 Å². The molecular formula is C29H46N2O3. The van der Waals surface area contributed by atoms with Crippen molar-refractivity contribution in [3.05, 3.63) is 35.4 Å². The standard InChI is InChI=1S/C29H46N2O3/c1-7-11-15-22(9-3)19-30(20-23(10-4)16-12-8-2)29(34)26(21(5)6)31-27(32)24-17-13-14-18-25(24)28(31)33/h13-14,17-18,21-23,26H,7-12,15-16,19-20H2,1-6H3. The van der Waals surface area contributed by atoms with Crippen LogP contribution in [0.25, 0.3) is 0 Å². The van der Waals surface area contributed by atoms with E-state index in [1.54, 1.807) is 24.3 Å². The van der Waals surface area contributed by atoms with Gasteiger partial charge in [0, 0.05) is 13.1 Å². The van der Waals surface area contributed by atoms with Crippen LogP contribution in [0.15, 0.2) is 24.3 Å². The molecule has 1 heterocycles. The Hall–Kier alpha value is -2.17. The van der Waals surface area contributed by atoms with Gasteiger partial charge < -0.3 is 4.90 Å². The van der Waals surface area contributed by atoms with Crippen LogP contribution < -0.4 is 0 Å². The average molecular weight is 471 g/mol. The second-order valence-electron chi connectivity index (χ2n) is 10.3. The molecule has 0 saturated carbocycles. The molecule has 0 spiro atoms. The molecule has 1 aromatic rings. The number of imide groups is 1. The van der Waals surface area contributed by atoms with Gasteiger partial charge in [-0.3, -0.25) is 19.3 Å². The minimum atomic E-state index is -0.778. The number of fused-ring (bicyclic) bond motifs is 1. The van der Waals surface area contributed by atoms with E-state index < -0.39 is 6.04 Å². The Morgan fingerprint density at radius 1 is 0.824 bits per heavy atom. The molecule has 3 atom stereocenters. The minimum Gasteiger partial charge on any atom is -0.340 e. The molecular weight excluding hydrogens is 424 g/mol. The summed E-state index contributed by atoms with van der Waals surface area (Å²) in [7, 11) is 0. The third kappa shape index (κ3) is 6.70. The Labute approximate surface area is 207 Å². The molecule has 1 aliphatic heterocycles. The number of benzene rings is 1. The van der Waals surface area contributed by atoms with E-state index in [9.17, 15) is 14.4 Å². The lowest BCUT2D eigenvalue weighted by Crippen LogP contribution is -2.55. The number of rotatable bonds is 15. The maximum Gasteiger partial charge on any atom is 0.262 e. The van der Waals surface area contributed by atoms with Crippen molar-refractivity contribution in [2.75, 3.05) is 13.1 Å². The van der Waals surface area contributed by atoms with Crippen molar-refractivity contribution in [2.24, 2.45) is 17.8 Å². The van der Waals surface area contributed by atoms with Gasteiger partial charge in [0.15, 0.2) is 0 Å². The Morgan fingerprint density at radius 2 is 1.26 bits per heavy atom. The smallest absolute Gasteiger partial charge is 0.262 e. The Kier molecular flexibility index (Phi) is 11.3. The highest BCUT2D eigenvalue weighted by Gasteiger charge is 2.45. The molecule has 1 aromatic carbocycles. The fourth-order valence-electron chi connectivity index (χ4n) is 5.05. The molecule has 0 radical (unpaired) electrons. The van der Waals surface area contributed by atoms with Crippen molar-refractivity contribution in [3.8, 4) is 0 Å². The summed E-state index contributed by atoms with van der Waals surface area (Å²) in [6.07, 6.45) is 8.83. The van der Waals surface area contributed by atoms with Crippen LogP contribution in [0.2, 0.25) is 0 Å². The lowest BCUT2D eigenvalue weighted by molar-refractivity contribution is -0.138. The number of nitrogens with zero attached hydrogens (tertiary/aromatic N) is 2. The molecule has 0 aromatic heterocycles. The lowest BCUT2D eigenvalue weighted by atomic mass is 9.93. The van der Waals surface area contributed by atoms with Gasteiger partial charge in [0.05, 0.1) is 11.1 Å². The van der Waals surface area contributed by atoms with Crippen LogP contribution in [0.1, 0.15) is 114 Å². The Balaban J connectivity index is 2.36. The van der Waals surface area contributed by atoms with Crippen LogP contribution >= 0.6 is 0 Å². The van der Waals surface area contributed by atoms with Crippen LogP contribution in [-0.2, 0) is 4.79 Å². The summed E-state index contributed by atoms with van der Waals surface area (Å²) >= 11 is 0. The van der Waals surface area contributed by atoms with Gasteiger partial charge in [-0.1, -0.05) is 92.2 Å². The number of carbonyl (C=O) groups is 3. The normalized spacial score (nSPS) is 16.0. The van der Waals surface area contributed by atoms with Crippen LogP contribution in [0.3, 0.4) is 0 Å². The first-order valence-electron chi connectivity index (χ1n) is 13.6. The van der Waals surface area contributed by atoms with E-state index in [-0.39, 0.29) is 23.6 Å². The Bertz CT molecular complexity index is 766. The van der Waals surface area contributed by atoms with Crippen molar-refractivity contribution in [2.45, 2.75) is 99.0 Å². The van der Waals surface area contributed by atoms with Gasteiger partial charge in [-0.15, -0.1) is 0 Å². The third-order valence-corrected chi connectivity index (χ3v) is 7.34. The molecule has 2 rings (SSSR count). The molecule has 5 heteroatoms. The van der Waals surface area contributed by atoms with Crippen molar-refractivity contribution in [3.63, 3.8) is 0 Å². The quantitative estimate of drug-likeness (QED) is 0.272. The summed E-state index contributed by atoms with van der Waals surface area (Å²) in [6.45, 7) is 14.1. The molecule has 3 amide bonds. The number of hydrogen-bond donors (Lipinski definition) is 0. The van der Waals surface area contributed by atoms with Gasteiger partial charge in [-0.25, -0.2) is 0 Å². The largest absolute Gasteiger partial charge is 0.340 e. The number of amides is 3. The van der Waals surface area contributed by atoms with Crippen molar-refractivity contribution >= 4 is 17.7 Å². The van der Waals surface area contributed by atoms with E-state index in [1.807, 2.05) is 18.7 Å². The molecule has 0 N–H and O–H groups in total. The second kappa shape index (κ2) is 13.7. The predicted octanol–water partition coefficient (Wildman–Crippen LogP) is 6.57. The number of unbranched alkanes of at least 4 members (excludes halogenated alkanes) is 2. The molecule has 190 valence electrons. The fraction of sp³-hybridized carbons (Fsp3) is 0.690. The zero-order valence-corrected chi connectivity index (χ0v) is 22.3. The Morgan fingerprint density at radius 3 is 1.62 bits per heavy atom. The summed E-state index contributed by atoms with van der Waals surface area (Å²) in [5.41, 5.74) is 0.808. The summed E-state index contributed by atoms with van der Waals surface area (Å²) < 4.78 is 0. The molecule has 0 aliphatic carbocycles. The van der Waals surface area contributed by atoms with E-state index in [2.05, 4.69) is 27.7 Å². The molecule has 0 bridgehead atoms. The first-order chi connectivity index (χ1) is 16.3. The van der Waals surface area contributed by atoms with Gasteiger partial charge >= 0.3 is 0 Å². The average Bonchev–Trinajstić information content (AvgIpc) is 3.08. The van der Waals surface area contributed by atoms with Gasteiger partial charge in [0.2, 0.25) is 5.91 Å². The molecule has 5 nitrogen and oxygen atoms in total.